The van der Waals surface area contributed by atoms with Crippen LogP contribution < -0.4 is 0 Å². The smallest absolute Gasteiger partial charge is 0.166 e. The van der Waals surface area contributed by atoms with Crippen LogP contribution in [0.25, 0.3) is 22.3 Å². The normalized spacial score (nSPS) is 23.2. The Hall–Kier alpha value is -2.88. The molecule has 2 fully saturated rings. The molecule has 0 aromatic heterocycles. The van der Waals surface area contributed by atoms with E-state index in [2.05, 4.69) is 12.7 Å². The molecular weight excluding hydrogens is 508 g/mol. The fourth-order valence-electron chi connectivity index (χ4n) is 7.06. The summed E-state index contributed by atoms with van der Waals surface area (Å²) < 4.78 is 60.1. The molecule has 0 unspecified atom stereocenters. The molecule has 0 radical (unpaired) electrons. The van der Waals surface area contributed by atoms with Crippen molar-refractivity contribution in [3.63, 3.8) is 0 Å². The highest BCUT2D eigenvalue weighted by atomic mass is 19.2. The number of allylic oxidation sites excluding steroid dienone is 1. The molecule has 40 heavy (non-hydrogen) atoms. The Balaban J connectivity index is 1.27. The van der Waals surface area contributed by atoms with Gasteiger partial charge in [-0.05, 0) is 110 Å². The van der Waals surface area contributed by atoms with Crippen molar-refractivity contribution in [2.75, 3.05) is 0 Å². The molecule has 0 amide bonds. The third-order valence-corrected chi connectivity index (χ3v) is 9.61. The van der Waals surface area contributed by atoms with E-state index in [1.807, 2.05) is 6.92 Å². The Morgan fingerprint density at radius 3 is 1.73 bits per heavy atom. The van der Waals surface area contributed by atoms with Gasteiger partial charge in [0.1, 0.15) is 0 Å². The van der Waals surface area contributed by atoms with Crippen LogP contribution in [0.5, 0.6) is 0 Å². The van der Waals surface area contributed by atoms with Gasteiger partial charge in [0, 0.05) is 11.1 Å². The van der Waals surface area contributed by atoms with Crippen molar-refractivity contribution in [2.24, 2.45) is 17.8 Å². The summed E-state index contributed by atoms with van der Waals surface area (Å²) in [6, 6.07) is 13.2. The quantitative estimate of drug-likeness (QED) is 0.194. The van der Waals surface area contributed by atoms with Gasteiger partial charge < -0.3 is 0 Å². The first-order chi connectivity index (χ1) is 19.4. The fourth-order valence-corrected chi connectivity index (χ4v) is 7.06. The third kappa shape index (κ3) is 5.92. The van der Waals surface area contributed by atoms with Crippen molar-refractivity contribution in [3.8, 4) is 22.3 Å². The van der Waals surface area contributed by atoms with E-state index < -0.39 is 23.3 Å². The van der Waals surface area contributed by atoms with Crippen molar-refractivity contribution >= 4 is 0 Å². The Bertz CT molecular complexity index is 1310. The van der Waals surface area contributed by atoms with E-state index in [0.29, 0.717) is 40.5 Å². The van der Waals surface area contributed by atoms with E-state index in [4.69, 9.17) is 0 Å². The van der Waals surface area contributed by atoms with E-state index >= 15 is 8.78 Å². The van der Waals surface area contributed by atoms with Crippen LogP contribution in [0.15, 0.2) is 61.2 Å². The monoisotopic (exact) mass is 548 g/mol. The molecular formula is C36H40F4. The van der Waals surface area contributed by atoms with E-state index in [0.717, 1.165) is 44.4 Å². The van der Waals surface area contributed by atoms with Gasteiger partial charge in [-0.15, -0.1) is 6.58 Å². The third-order valence-electron chi connectivity index (χ3n) is 9.61. The number of benzene rings is 3. The van der Waals surface area contributed by atoms with Crippen molar-refractivity contribution in [1.29, 1.82) is 0 Å². The van der Waals surface area contributed by atoms with Gasteiger partial charge in [-0.2, -0.15) is 0 Å². The lowest BCUT2D eigenvalue weighted by Crippen LogP contribution is -2.25. The van der Waals surface area contributed by atoms with E-state index in [1.165, 1.54) is 25.7 Å². The molecule has 0 bridgehead atoms. The van der Waals surface area contributed by atoms with E-state index in [-0.39, 0.29) is 17.0 Å². The van der Waals surface area contributed by atoms with Crippen LogP contribution in [0, 0.1) is 41.0 Å². The minimum absolute atomic E-state index is 0.0462. The predicted octanol–water partition coefficient (Wildman–Crippen LogP) is 11.2. The van der Waals surface area contributed by atoms with Gasteiger partial charge in [0.05, 0.1) is 0 Å². The molecule has 2 aliphatic rings. The summed E-state index contributed by atoms with van der Waals surface area (Å²) >= 11 is 0. The van der Waals surface area contributed by atoms with Crippen molar-refractivity contribution in [2.45, 2.75) is 83.5 Å². The topological polar surface area (TPSA) is 0 Å². The summed E-state index contributed by atoms with van der Waals surface area (Å²) in [4.78, 5) is 0. The number of aryl methyl sites for hydroxylation is 1. The maximum Gasteiger partial charge on any atom is 0.166 e. The highest BCUT2D eigenvalue weighted by Crippen LogP contribution is 2.45. The average molecular weight is 549 g/mol. The lowest BCUT2D eigenvalue weighted by molar-refractivity contribution is 0.171. The molecule has 0 atom stereocenters. The van der Waals surface area contributed by atoms with Crippen LogP contribution in [0.3, 0.4) is 0 Å². The zero-order valence-electron chi connectivity index (χ0n) is 23.5. The summed E-state index contributed by atoms with van der Waals surface area (Å²) in [6.07, 6.45) is 13.2. The van der Waals surface area contributed by atoms with E-state index in [9.17, 15) is 8.78 Å². The second-order valence-electron chi connectivity index (χ2n) is 11.9. The summed E-state index contributed by atoms with van der Waals surface area (Å²) in [6.45, 7) is 5.95. The van der Waals surface area contributed by atoms with Gasteiger partial charge >= 0.3 is 0 Å². The van der Waals surface area contributed by atoms with Gasteiger partial charge in [-0.1, -0.05) is 68.0 Å². The van der Waals surface area contributed by atoms with Gasteiger partial charge in [-0.25, -0.2) is 17.6 Å². The Morgan fingerprint density at radius 2 is 1.18 bits per heavy atom. The lowest BCUT2D eigenvalue weighted by atomic mass is 9.68. The van der Waals surface area contributed by atoms with Crippen LogP contribution in [-0.2, 0) is 6.42 Å². The fraction of sp³-hybridized carbons (Fsp3) is 0.444. The largest absolute Gasteiger partial charge is 0.203 e. The zero-order valence-corrected chi connectivity index (χ0v) is 23.5. The molecule has 3 aromatic carbocycles. The standard InChI is InChI=1S/C36H40F4/c1-3-5-6-29-19-20-30(34(38)33(29)37)27-15-17-28(18-16-27)32-22-21-31(35(39)36(32)40)26-13-11-25(12-14-26)24-9-7-23(4-2)8-10-24/h4,15-26H,2-3,5-14H2,1H3. The minimum Gasteiger partial charge on any atom is -0.203 e. The first-order valence-corrected chi connectivity index (χ1v) is 15.1. The van der Waals surface area contributed by atoms with Crippen LogP contribution in [0.2, 0.25) is 0 Å². The maximum atomic E-state index is 15.4. The Labute approximate surface area is 236 Å². The van der Waals surface area contributed by atoms with Crippen LogP contribution in [0.4, 0.5) is 17.6 Å². The lowest BCUT2D eigenvalue weighted by Gasteiger charge is -2.37. The number of unbranched alkanes of at least 4 members (excludes halogenated alkanes) is 1. The molecule has 2 saturated carbocycles. The molecule has 0 aliphatic heterocycles. The molecule has 0 heterocycles. The molecule has 4 heteroatoms. The molecule has 2 aliphatic carbocycles. The molecule has 0 nitrogen and oxygen atoms in total. The molecule has 3 aromatic rings. The molecule has 0 N–H and O–H groups in total. The average Bonchev–Trinajstić information content (AvgIpc) is 3.00. The molecule has 0 spiro atoms. The number of rotatable bonds is 8. The SMILES string of the molecule is C=CC1CCC(C2CCC(c3ccc(-c4ccc(-c5ccc(CCCC)c(F)c5F)cc4)c(F)c3F)CC2)CC1. The molecule has 212 valence electrons. The molecule has 5 rings (SSSR count). The van der Waals surface area contributed by atoms with E-state index in [1.54, 1.807) is 48.5 Å². The van der Waals surface area contributed by atoms with Crippen LogP contribution >= 0.6 is 0 Å². The highest BCUT2D eigenvalue weighted by Gasteiger charge is 2.32. The second-order valence-corrected chi connectivity index (χ2v) is 11.9. The Kier molecular flexibility index (Phi) is 9.13. The van der Waals surface area contributed by atoms with Crippen molar-refractivity contribution in [1.82, 2.24) is 0 Å². The van der Waals surface area contributed by atoms with Gasteiger partial charge in [0.25, 0.3) is 0 Å². The van der Waals surface area contributed by atoms with Crippen LogP contribution in [-0.4, -0.2) is 0 Å². The van der Waals surface area contributed by atoms with Gasteiger partial charge in [-0.3, -0.25) is 0 Å². The van der Waals surface area contributed by atoms with Gasteiger partial charge in [0.2, 0.25) is 0 Å². The van der Waals surface area contributed by atoms with Crippen molar-refractivity contribution in [3.05, 3.63) is 95.6 Å². The van der Waals surface area contributed by atoms with Gasteiger partial charge in [0.15, 0.2) is 23.3 Å². The van der Waals surface area contributed by atoms with Crippen LogP contribution in [0.1, 0.15) is 88.2 Å². The first-order valence-electron chi connectivity index (χ1n) is 15.1. The second kappa shape index (κ2) is 12.7. The first kappa shape index (κ1) is 28.6. The summed E-state index contributed by atoms with van der Waals surface area (Å²) in [5, 5.41) is 0. The highest BCUT2D eigenvalue weighted by molar-refractivity contribution is 5.71. The van der Waals surface area contributed by atoms with Crippen molar-refractivity contribution < 1.29 is 17.6 Å². The summed E-state index contributed by atoms with van der Waals surface area (Å²) in [7, 11) is 0. The maximum absolute atomic E-state index is 15.4. The Morgan fingerprint density at radius 1 is 0.650 bits per heavy atom. The molecule has 0 saturated heterocycles. The predicted molar refractivity (Wildman–Crippen MR) is 156 cm³/mol. The summed E-state index contributed by atoms with van der Waals surface area (Å²) in [5.41, 5.74) is 2.20. The number of hydrogen-bond acceptors (Lipinski definition) is 0. The number of hydrogen-bond donors (Lipinski definition) is 0. The minimum atomic E-state index is -0.873. The summed E-state index contributed by atoms with van der Waals surface area (Å²) in [5.74, 6) is -1.13. The number of halogens is 4. The zero-order chi connectivity index (χ0) is 28.2.